The quantitative estimate of drug-likeness (QED) is 0.606. The Morgan fingerprint density at radius 3 is 2.50 bits per heavy atom. The Bertz CT molecular complexity index is 1190. The molecule has 1 aromatic carbocycles. The molecule has 1 saturated heterocycles. The van der Waals surface area contributed by atoms with Crippen LogP contribution in [0.1, 0.15) is 19.3 Å². The van der Waals surface area contributed by atoms with Gasteiger partial charge in [0.2, 0.25) is 10.0 Å². The van der Waals surface area contributed by atoms with Crippen LogP contribution in [0.5, 0.6) is 0 Å². The van der Waals surface area contributed by atoms with E-state index in [0.29, 0.717) is 29.3 Å². The largest absolute Gasteiger partial charge is 0.299 e. The number of nitrogens with zero attached hydrogens (tertiary/aromatic N) is 3. The fourth-order valence-corrected chi connectivity index (χ4v) is 5.47. The van der Waals surface area contributed by atoms with Gasteiger partial charge in [-0.2, -0.15) is 9.29 Å². The molecule has 2 aromatic heterocycles. The van der Waals surface area contributed by atoms with Gasteiger partial charge in [-0.25, -0.2) is 8.42 Å². The first-order valence-electron chi connectivity index (χ1n) is 8.19. The average molecular weight is 412 g/mol. The smallest absolute Gasteiger partial charge is 0.281 e. The first-order chi connectivity index (χ1) is 12.4. The van der Waals surface area contributed by atoms with Gasteiger partial charge in [0.15, 0.2) is 0 Å². The molecule has 0 saturated carbocycles. The molecule has 26 heavy (non-hydrogen) atoms. The van der Waals surface area contributed by atoms with Gasteiger partial charge >= 0.3 is 0 Å². The van der Waals surface area contributed by atoms with Crippen molar-refractivity contribution in [2.75, 3.05) is 13.1 Å². The number of fused-ring (bicyclic) bond motifs is 3. The van der Waals surface area contributed by atoms with E-state index in [1.54, 1.807) is 22.7 Å². The number of rotatable bonds is 2. The van der Waals surface area contributed by atoms with Crippen LogP contribution >= 0.6 is 23.2 Å². The fraction of sp³-hybridized carbons (Fsp3) is 0.294. The summed E-state index contributed by atoms with van der Waals surface area (Å²) in [4.78, 5) is 16.4. The molecule has 0 unspecified atom stereocenters. The number of hydrogen-bond donors (Lipinski definition) is 0. The third-order valence-corrected chi connectivity index (χ3v) is 7.17. The highest BCUT2D eigenvalue weighted by Gasteiger charge is 2.29. The van der Waals surface area contributed by atoms with Crippen molar-refractivity contribution in [2.45, 2.75) is 24.2 Å². The number of pyridine rings is 1. The minimum absolute atomic E-state index is 0.0607. The molecule has 0 radical (unpaired) electrons. The van der Waals surface area contributed by atoms with Gasteiger partial charge in [0.25, 0.3) is 5.56 Å². The second-order valence-electron chi connectivity index (χ2n) is 6.26. The lowest BCUT2D eigenvalue weighted by atomic mass is 10.2. The van der Waals surface area contributed by atoms with E-state index in [1.807, 2.05) is 0 Å². The number of halogens is 2. The summed E-state index contributed by atoms with van der Waals surface area (Å²) in [6.07, 6.45) is 4.26. The summed E-state index contributed by atoms with van der Waals surface area (Å²) in [5.74, 6) is 0. The van der Waals surface area contributed by atoms with Gasteiger partial charge in [-0.15, -0.1) is 0 Å². The van der Waals surface area contributed by atoms with Crippen molar-refractivity contribution in [3.63, 3.8) is 0 Å². The van der Waals surface area contributed by atoms with Gasteiger partial charge in [0.05, 0.1) is 20.9 Å². The van der Waals surface area contributed by atoms with Gasteiger partial charge in [-0.05, 0) is 37.1 Å². The SMILES string of the molecule is O=c1nc2ccc(Cl)cn2c2cc(Cl)c(S(=O)(=O)N3CCCCC3)cc12. The van der Waals surface area contributed by atoms with Crippen molar-refractivity contribution in [3.8, 4) is 0 Å². The molecular weight excluding hydrogens is 397 g/mol. The third kappa shape index (κ3) is 2.89. The summed E-state index contributed by atoms with van der Waals surface area (Å²) < 4.78 is 29.0. The molecule has 3 aromatic rings. The lowest BCUT2D eigenvalue weighted by molar-refractivity contribution is 0.346. The van der Waals surface area contributed by atoms with Gasteiger partial charge in [0.1, 0.15) is 10.5 Å². The van der Waals surface area contributed by atoms with Crippen molar-refractivity contribution < 1.29 is 8.42 Å². The molecule has 1 aliphatic rings. The maximum absolute atomic E-state index is 13.0. The van der Waals surface area contributed by atoms with E-state index in [2.05, 4.69) is 4.98 Å². The van der Waals surface area contributed by atoms with Gasteiger partial charge < -0.3 is 0 Å². The Morgan fingerprint density at radius 2 is 1.77 bits per heavy atom. The summed E-state index contributed by atoms with van der Waals surface area (Å²) in [7, 11) is -3.76. The second kappa shape index (κ2) is 6.49. The first kappa shape index (κ1) is 17.7. The molecule has 4 rings (SSSR count). The van der Waals surface area contributed by atoms with Crippen LogP contribution in [0.3, 0.4) is 0 Å². The number of aromatic nitrogens is 2. The van der Waals surface area contributed by atoms with Gasteiger partial charge in [-0.1, -0.05) is 29.6 Å². The molecule has 0 aliphatic carbocycles. The van der Waals surface area contributed by atoms with Crippen LogP contribution in [0.4, 0.5) is 0 Å². The van der Waals surface area contributed by atoms with E-state index in [9.17, 15) is 13.2 Å². The van der Waals surface area contributed by atoms with Crippen LogP contribution < -0.4 is 5.56 Å². The molecule has 0 amide bonds. The molecule has 1 fully saturated rings. The maximum atomic E-state index is 13.0. The van der Waals surface area contributed by atoms with E-state index in [4.69, 9.17) is 23.2 Å². The van der Waals surface area contributed by atoms with Crippen molar-refractivity contribution in [1.29, 1.82) is 0 Å². The van der Waals surface area contributed by atoms with E-state index in [-0.39, 0.29) is 15.3 Å². The number of piperidine rings is 1. The first-order valence-corrected chi connectivity index (χ1v) is 10.4. The van der Waals surface area contributed by atoms with Crippen molar-refractivity contribution in [2.24, 2.45) is 0 Å². The molecule has 1 aliphatic heterocycles. The zero-order chi connectivity index (χ0) is 18.5. The molecule has 0 N–H and O–H groups in total. The summed E-state index contributed by atoms with van der Waals surface area (Å²) in [5.41, 5.74) is 0.369. The van der Waals surface area contributed by atoms with E-state index < -0.39 is 15.6 Å². The third-order valence-electron chi connectivity index (χ3n) is 4.58. The summed E-state index contributed by atoms with van der Waals surface area (Å²) in [5, 5.41) is 0.720. The van der Waals surface area contributed by atoms with E-state index in [1.165, 1.54) is 16.4 Å². The lowest BCUT2D eigenvalue weighted by Crippen LogP contribution is -2.35. The highest BCUT2D eigenvalue weighted by atomic mass is 35.5. The Labute approximate surface area is 160 Å². The van der Waals surface area contributed by atoms with Crippen LogP contribution in [0.25, 0.3) is 16.6 Å². The molecule has 3 heterocycles. The molecule has 0 atom stereocenters. The van der Waals surface area contributed by atoms with Crippen molar-refractivity contribution in [3.05, 3.63) is 50.9 Å². The van der Waals surface area contributed by atoms with E-state index >= 15 is 0 Å². The second-order valence-corrected chi connectivity index (χ2v) is 9.01. The molecule has 6 nitrogen and oxygen atoms in total. The number of sulfonamides is 1. The Morgan fingerprint density at radius 1 is 1.04 bits per heavy atom. The molecule has 136 valence electrons. The molecular formula is C17H15Cl2N3O3S. The van der Waals surface area contributed by atoms with Crippen LogP contribution in [0, 0.1) is 0 Å². The Hall–Kier alpha value is -1.67. The van der Waals surface area contributed by atoms with Crippen LogP contribution in [0.2, 0.25) is 10.0 Å². The molecule has 0 bridgehead atoms. The van der Waals surface area contributed by atoms with Crippen LogP contribution in [-0.4, -0.2) is 35.2 Å². The lowest BCUT2D eigenvalue weighted by Gasteiger charge is -2.26. The Balaban J connectivity index is 1.98. The van der Waals surface area contributed by atoms with E-state index in [0.717, 1.165) is 19.3 Å². The topological polar surface area (TPSA) is 71.8 Å². The van der Waals surface area contributed by atoms with Crippen LogP contribution in [0.15, 0.2) is 40.2 Å². The predicted octanol–water partition coefficient (Wildman–Crippen LogP) is 3.33. The zero-order valence-corrected chi connectivity index (χ0v) is 16.0. The van der Waals surface area contributed by atoms with Crippen molar-refractivity contribution >= 4 is 49.8 Å². The Kier molecular flexibility index (Phi) is 4.43. The predicted molar refractivity (Wildman–Crippen MR) is 102 cm³/mol. The highest BCUT2D eigenvalue weighted by Crippen LogP contribution is 2.30. The summed E-state index contributed by atoms with van der Waals surface area (Å²) in [6.45, 7) is 0.919. The van der Waals surface area contributed by atoms with Gasteiger partial charge in [0, 0.05) is 19.3 Å². The minimum Gasteiger partial charge on any atom is -0.299 e. The maximum Gasteiger partial charge on any atom is 0.281 e. The standard InChI is InChI=1S/C17H15Cl2N3O3S/c18-11-4-5-16-20-17(23)12-8-15(13(19)9-14(12)22(16)10-11)26(24,25)21-6-2-1-3-7-21/h4-5,8-10H,1-3,6-7H2. The zero-order valence-electron chi connectivity index (χ0n) is 13.7. The minimum atomic E-state index is -3.76. The number of hydrogen-bond acceptors (Lipinski definition) is 4. The average Bonchev–Trinajstić information content (AvgIpc) is 2.63. The molecule has 9 heteroatoms. The fourth-order valence-electron chi connectivity index (χ4n) is 3.27. The highest BCUT2D eigenvalue weighted by molar-refractivity contribution is 7.89. The van der Waals surface area contributed by atoms with Crippen LogP contribution in [-0.2, 0) is 10.0 Å². The summed E-state index contributed by atoms with van der Waals surface area (Å²) >= 11 is 12.4. The molecule has 0 spiro atoms. The van der Waals surface area contributed by atoms with Gasteiger partial charge in [-0.3, -0.25) is 9.20 Å². The normalized spacial score (nSPS) is 16.4. The number of benzene rings is 1. The van der Waals surface area contributed by atoms with Crippen molar-refractivity contribution in [1.82, 2.24) is 13.7 Å². The monoisotopic (exact) mass is 411 g/mol. The summed E-state index contributed by atoms with van der Waals surface area (Å²) in [6, 6.07) is 6.06.